The summed E-state index contributed by atoms with van der Waals surface area (Å²) in [7, 11) is 0. The van der Waals surface area contributed by atoms with Crippen molar-refractivity contribution in [2.45, 2.75) is 58.9 Å². The summed E-state index contributed by atoms with van der Waals surface area (Å²) in [6, 6.07) is 0.255. The van der Waals surface area contributed by atoms with E-state index in [9.17, 15) is 4.79 Å². The molecule has 1 atom stereocenters. The minimum absolute atomic E-state index is 0.0162. The molecule has 2 N–H and O–H groups in total. The van der Waals surface area contributed by atoms with Crippen molar-refractivity contribution in [2.24, 2.45) is 5.41 Å². The van der Waals surface area contributed by atoms with Crippen LogP contribution in [0.3, 0.4) is 0 Å². The average Bonchev–Trinajstić information content (AvgIpc) is 2.64. The lowest BCUT2D eigenvalue weighted by atomic mass is 9.87. The SMILES string of the molecule is CCCCN(CCO)C(=O)NC1CCCC1(C)C. The Hall–Kier alpha value is -0.770. The van der Waals surface area contributed by atoms with Crippen LogP contribution in [0.4, 0.5) is 4.79 Å². The third kappa shape index (κ3) is 4.16. The molecule has 0 spiro atoms. The van der Waals surface area contributed by atoms with E-state index >= 15 is 0 Å². The number of rotatable bonds is 6. The first-order chi connectivity index (χ1) is 8.51. The van der Waals surface area contributed by atoms with Crippen LogP contribution in [-0.4, -0.2) is 41.8 Å². The van der Waals surface area contributed by atoms with Gasteiger partial charge >= 0.3 is 6.03 Å². The summed E-state index contributed by atoms with van der Waals surface area (Å²) >= 11 is 0. The van der Waals surface area contributed by atoms with Crippen molar-refractivity contribution >= 4 is 6.03 Å². The highest BCUT2D eigenvalue weighted by molar-refractivity contribution is 5.74. The van der Waals surface area contributed by atoms with Gasteiger partial charge in [0.05, 0.1) is 6.61 Å². The second-order valence-electron chi connectivity index (χ2n) is 5.95. The van der Waals surface area contributed by atoms with Crippen molar-refractivity contribution in [1.82, 2.24) is 10.2 Å². The highest BCUT2D eigenvalue weighted by Gasteiger charge is 2.35. The number of nitrogens with one attached hydrogen (secondary N) is 1. The van der Waals surface area contributed by atoms with E-state index in [-0.39, 0.29) is 24.1 Å². The minimum atomic E-state index is -0.0162. The topological polar surface area (TPSA) is 52.6 Å². The molecule has 0 aromatic heterocycles. The van der Waals surface area contributed by atoms with E-state index in [1.165, 1.54) is 12.8 Å². The molecule has 0 saturated heterocycles. The maximum atomic E-state index is 12.2. The Kier molecular flexibility index (Phi) is 5.93. The molecule has 4 heteroatoms. The third-order valence-corrected chi connectivity index (χ3v) is 3.99. The van der Waals surface area contributed by atoms with Crippen LogP contribution in [0.5, 0.6) is 0 Å². The van der Waals surface area contributed by atoms with Gasteiger partial charge in [0.1, 0.15) is 0 Å². The summed E-state index contributed by atoms with van der Waals surface area (Å²) in [6.07, 6.45) is 5.48. The first kappa shape index (κ1) is 15.3. The van der Waals surface area contributed by atoms with Gasteiger partial charge in [-0.3, -0.25) is 0 Å². The van der Waals surface area contributed by atoms with Gasteiger partial charge in [-0.2, -0.15) is 0 Å². The summed E-state index contributed by atoms with van der Waals surface area (Å²) in [5, 5.41) is 12.2. The Balaban J connectivity index is 2.50. The number of carbonyl (C=O) groups is 1. The number of carbonyl (C=O) groups excluding carboxylic acids is 1. The van der Waals surface area contributed by atoms with Crippen LogP contribution in [0, 0.1) is 5.41 Å². The quantitative estimate of drug-likeness (QED) is 0.766. The molecular weight excluding hydrogens is 228 g/mol. The van der Waals surface area contributed by atoms with Gasteiger partial charge in [-0.15, -0.1) is 0 Å². The Morgan fingerprint density at radius 2 is 2.17 bits per heavy atom. The molecule has 18 heavy (non-hydrogen) atoms. The number of urea groups is 1. The molecule has 0 bridgehead atoms. The monoisotopic (exact) mass is 256 g/mol. The number of aliphatic hydroxyl groups excluding tert-OH is 1. The predicted molar refractivity (Wildman–Crippen MR) is 73.5 cm³/mol. The molecular formula is C14H28N2O2. The van der Waals surface area contributed by atoms with E-state index in [1.807, 2.05) is 0 Å². The smallest absolute Gasteiger partial charge is 0.317 e. The summed E-state index contributed by atoms with van der Waals surface area (Å²) in [6.45, 7) is 7.73. The van der Waals surface area contributed by atoms with Crippen molar-refractivity contribution in [3.05, 3.63) is 0 Å². The number of hydrogen-bond acceptors (Lipinski definition) is 2. The van der Waals surface area contributed by atoms with Crippen molar-refractivity contribution in [2.75, 3.05) is 19.7 Å². The molecule has 0 aromatic carbocycles. The minimum Gasteiger partial charge on any atom is -0.395 e. The van der Waals surface area contributed by atoms with Crippen molar-refractivity contribution < 1.29 is 9.90 Å². The molecule has 0 aliphatic heterocycles. The zero-order valence-electron chi connectivity index (χ0n) is 12.0. The van der Waals surface area contributed by atoms with E-state index in [2.05, 4.69) is 26.1 Å². The fraction of sp³-hybridized carbons (Fsp3) is 0.929. The molecule has 1 aliphatic carbocycles. The Labute approximate surface area is 111 Å². The van der Waals surface area contributed by atoms with E-state index < -0.39 is 0 Å². The summed E-state index contributed by atoms with van der Waals surface area (Å²) in [5.74, 6) is 0. The molecule has 4 nitrogen and oxygen atoms in total. The maximum Gasteiger partial charge on any atom is 0.317 e. The summed E-state index contributed by atoms with van der Waals surface area (Å²) in [4.78, 5) is 13.9. The molecule has 1 unspecified atom stereocenters. The Morgan fingerprint density at radius 3 is 2.67 bits per heavy atom. The average molecular weight is 256 g/mol. The van der Waals surface area contributed by atoms with Gasteiger partial charge < -0.3 is 15.3 Å². The van der Waals surface area contributed by atoms with Gasteiger partial charge in [0.15, 0.2) is 0 Å². The second-order valence-corrected chi connectivity index (χ2v) is 5.95. The lowest BCUT2D eigenvalue weighted by Crippen LogP contribution is -2.49. The molecule has 0 heterocycles. The number of hydrogen-bond donors (Lipinski definition) is 2. The Morgan fingerprint density at radius 1 is 1.44 bits per heavy atom. The van der Waals surface area contributed by atoms with Gasteiger partial charge in [0, 0.05) is 19.1 Å². The molecule has 1 rings (SSSR count). The zero-order chi connectivity index (χ0) is 13.6. The summed E-state index contributed by atoms with van der Waals surface area (Å²) < 4.78 is 0. The molecule has 0 radical (unpaired) electrons. The van der Waals surface area contributed by atoms with Crippen LogP contribution < -0.4 is 5.32 Å². The maximum absolute atomic E-state index is 12.2. The molecule has 1 fully saturated rings. The molecule has 1 aliphatic rings. The first-order valence-electron chi connectivity index (χ1n) is 7.17. The summed E-state index contributed by atoms with van der Waals surface area (Å²) in [5.41, 5.74) is 0.200. The predicted octanol–water partition coefficient (Wildman–Crippen LogP) is 2.37. The fourth-order valence-corrected chi connectivity index (χ4v) is 2.62. The van der Waals surface area contributed by atoms with E-state index in [0.717, 1.165) is 25.8 Å². The standard InChI is InChI=1S/C14H28N2O2/c1-4-5-9-16(10-11-17)13(18)15-12-7-6-8-14(12,2)3/h12,17H,4-11H2,1-3H3,(H,15,18). The van der Waals surface area contributed by atoms with Crippen LogP contribution in [0.15, 0.2) is 0 Å². The fourth-order valence-electron chi connectivity index (χ4n) is 2.62. The van der Waals surface area contributed by atoms with E-state index in [4.69, 9.17) is 5.11 Å². The molecule has 1 saturated carbocycles. The number of amides is 2. The van der Waals surface area contributed by atoms with Gasteiger partial charge in [-0.25, -0.2) is 4.79 Å². The van der Waals surface area contributed by atoms with Crippen LogP contribution in [0.25, 0.3) is 0 Å². The molecule has 106 valence electrons. The molecule has 2 amide bonds. The lowest BCUT2D eigenvalue weighted by molar-refractivity contribution is 0.165. The third-order valence-electron chi connectivity index (χ3n) is 3.99. The van der Waals surface area contributed by atoms with Crippen molar-refractivity contribution in [3.63, 3.8) is 0 Å². The van der Waals surface area contributed by atoms with Crippen LogP contribution in [0.1, 0.15) is 52.9 Å². The van der Waals surface area contributed by atoms with Gasteiger partial charge in [-0.05, 0) is 24.7 Å². The first-order valence-corrected chi connectivity index (χ1v) is 7.17. The van der Waals surface area contributed by atoms with Crippen molar-refractivity contribution in [1.29, 1.82) is 0 Å². The second kappa shape index (κ2) is 6.98. The highest BCUT2D eigenvalue weighted by atomic mass is 16.3. The Bertz CT molecular complexity index is 267. The number of aliphatic hydroxyl groups is 1. The normalized spacial score (nSPS) is 21.9. The zero-order valence-corrected chi connectivity index (χ0v) is 12.0. The van der Waals surface area contributed by atoms with Crippen LogP contribution in [-0.2, 0) is 0 Å². The van der Waals surface area contributed by atoms with Gasteiger partial charge in [0.25, 0.3) is 0 Å². The molecule has 0 aromatic rings. The van der Waals surface area contributed by atoms with Crippen LogP contribution in [0.2, 0.25) is 0 Å². The van der Waals surface area contributed by atoms with Gasteiger partial charge in [0.2, 0.25) is 0 Å². The van der Waals surface area contributed by atoms with Gasteiger partial charge in [-0.1, -0.05) is 33.6 Å². The largest absolute Gasteiger partial charge is 0.395 e. The van der Waals surface area contributed by atoms with Crippen LogP contribution >= 0.6 is 0 Å². The highest BCUT2D eigenvalue weighted by Crippen LogP contribution is 2.37. The van der Waals surface area contributed by atoms with E-state index in [1.54, 1.807) is 4.90 Å². The van der Waals surface area contributed by atoms with Crippen molar-refractivity contribution in [3.8, 4) is 0 Å². The number of unbranched alkanes of at least 4 members (excludes halogenated alkanes) is 1. The number of nitrogens with zero attached hydrogens (tertiary/aromatic N) is 1. The lowest BCUT2D eigenvalue weighted by Gasteiger charge is -2.31. The van der Waals surface area contributed by atoms with E-state index in [0.29, 0.717) is 6.54 Å².